The second-order valence-corrected chi connectivity index (χ2v) is 9.36. The lowest BCUT2D eigenvalue weighted by molar-refractivity contribution is -0.145. The number of rotatable bonds is 6. The minimum Gasteiger partial charge on any atom is -0.490 e. The Morgan fingerprint density at radius 1 is 1.14 bits per heavy atom. The molecule has 1 aromatic carbocycles. The number of hydrogen-bond donors (Lipinski definition) is 2. The van der Waals surface area contributed by atoms with E-state index in [9.17, 15) is 18.0 Å². The fourth-order valence-electron chi connectivity index (χ4n) is 3.59. The van der Waals surface area contributed by atoms with E-state index in [1.165, 1.54) is 11.3 Å². The van der Waals surface area contributed by atoms with Gasteiger partial charge in [-0.1, -0.05) is 0 Å². The number of hydrogen-bond acceptors (Lipinski definition) is 7. The van der Waals surface area contributed by atoms with Crippen LogP contribution in [0.2, 0.25) is 0 Å². The lowest BCUT2D eigenvalue weighted by Gasteiger charge is -2.24. The minimum absolute atomic E-state index is 0. The molecule has 0 aliphatic carbocycles. The Morgan fingerprint density at radius 3 is 2.43 bits per heavy atom. The van der Waals surface area contributed by atoms with Crippen LogP contribution in [0.15, 0.2) is 36.8 Å². The zero-order valence-corrected chi connectivity index (χ0v) is 20.7. The van der Waals surface area contributed by atoms with Crippen molar-refractivity contribution in [3.8, 4) is 16.3 Å². The van der Waals surface area contributed by atoms with Crippen LogP contribution >= 0.6 is 23.7 Å². The van der Waals surface area contributed by atoms with Gasteiger partial charge in [-0.25, -0.2) is 15.0 Å². The minimum atomic E-state index is -4.62. The van der Waals surface area contributed by atoms with Crippen LogP contribution in [-0.2, 0) is 6.18 Å². The van der Waals surface area contributed by atoms with E-state index < -0.39 is 23.9 Å². The summed E-state index contributed by atoms with van der Waals surface area (Å²) in [4.78, 5) is 25.3. The first-order chi connectivity index (χ1) is 16.2. The highest BCUT2D eigenvalue weighted by Gasteiger charge is 2.34. The molecule has 1 aliphatic heterocycles. The van der Waals surface area contributed by atoms with Crippen LogP contribution in [-0.4, -0.2) is 40.1 Å². The molecule has 3 aromatic rings. The van der Waals surface area contributed by atoms with Gasteiger partial charge in [-0.05, 0) is 58.0 Å². The van der Waals surface area contributed by atoms with Gasteiger partial charge in [0, 0.05) is 40.2 Å². The van der Waals surface area contributed by atoms with Gasteiger partial charge in [0.15, 0.2) is 0 Å². The summed E-state index contributed by atoms with van der Waals surface area (Å²) < 4.78 is 44.3. The number of carbonyl (C=O) groups excluding carboxylic acids is 1. The molecule has 7 nitrogen and oxygen atoms in total. The van der Waals surface area contributed by atoms with Crippen LogP contribution in [0, 0.1) is 6.92 Å². The summed E-state index contributed by atoms with van der Waals surface area (Å²) >= 11 is 1.51. The third kappa shape index (κ3) is 6.89. The zero-order chi connectivity index (χ0) is 24.3. The summed E-state index contributed by atoms with van der Waals surface area (Å²) in [6.45, 7) is 5.36. The van der Waals surface area contributed by atoms with Crippen LogP contribution < -0.4 is 15.4 Å². The first-order valence-electron chi connectivity index (χ1n) is 10.8. The largest absolute Gasteiger partial charge is 0.490 e. The SMILES string of the molecule is Cc1cnc(-c2cc(OC3CCNCC3)cc(C(=O)N[C@H](C)c3cnc(C(F)(F)F)nc3)c2)s1.Cl. The third-order valence-electron chi connectivity index (χ3n) is 5.40. The number of piperidine rings is 1. The number of aryl methyl sites for hydroxylation is 1. The zero-order valence-electron chi connectivity index (χ0n) is 19.1. The number of benzene rings is 1. The number of thiazole rings is 1. The monoisotopic (exact) mass is 527 g/mol. The second kappa shape index (κ2) is 11.3. The van der Waals surface area contributed by atoms with Gasteiger partial charge in [0.1, 0.15) is 16.9 Å². The summed E-state index contributed by atoms with van der Waals surface area (Å²) in [6, 6.07) is 4.69. The summed E-state index contributed by atoms with van der Waals surface area (Å²) in [5.41, 5.74) is 1.49. The Hall–Kier alpha value is -2.76. The molecule has 4 rings (SSSR count). The highest BCUT2D eigenvalue weighted by Crippen LogP contribution is 2.31. The second-order valence-electron chi connectivity index (χ2n) is 8.12. The number of carbonyl (C=O) groups is 1. The molecule has 0 bridgehead atoms. The fraction of sp³-hybridized carbons (Fsp3) is 0.391. The maximum Gasteiger partial charge on any atom is 0.451 e. The van der Waals surface area contributed by atoms with E-state index in [1.54, 1.807) is 25.3 Å². The van der Waals surface area contributed by atoms with E-state index in [0.717, 1.165) is 53.8 Å². The van der Waals surface area contributed by atoms with Crippen molar-refractivity contribution in [1.82, 2.24) is 25.6 Å². The molecule has 12 heteroatoms. The molecule has 1 atom stereocenters. The molecule has 0 spiro atoms. The summed E-state index contributed by atoms with van der Waals surface area (Å²) in [7, 11) is 0. The Kier molecular flexibility index (Phi) is 8.68. The topological polar surface area (TPSA) is 89.0 Å². The summed E-state index contributed by atoms with van der Waals surface area (Å²) in [5.74, 6) is -1.04. The molecule has 35 heavy (non-hydrogen) atoms. The van der Waals surface area contributed by atoms with Crippen molar-refractivity contribution < 1.29 is 22.7 Å². The van der Waals surface area contributed by atoms with Crippen molar-refractivity contribution in [2.24, 2.45) is 0 Å². The first-order valence-corrected chi connectivity index (χ1v) is 11.7. The number of amides is 1. The smallest absolute Gasteiger partial charge is 0.451 e. The third-order valence-corrected chi connectivity index (χ3v) is 6.36. The lowest BCUT2D eigenvalue weighted by Crippen LogP contribution is -2.34. The molecule has 2 N–H and O–H groups in total. The quantitative estimate of drug-likeness (QED) is 0.470. The number of aromatic nitrogens is 3. The molecule has 1 aliphatic rings. The molecule has 2 aromatic heterocycles. The van der Waals surface area contributed by atoms with Gasteiger partial charge >= 0.3 is 6.18 Å². The van der Waals surface area contributed by atoms with Crippen LogP contribution in [0.1, 0.15) is 52.4 Å². The van der Waals surface area contributed by atoms with Crippen LogP contribution in [0.3, 0.4) is 0 Å². The lowest BCUT2D eigenvalue weighted by atomic mass is 10.1. The Bertz CT molecular complexity index is 1150. The maximum atomic E-state index is 13.1. The van der Waals surface area contributed by atoms with Crippen LogP contribution in [0.5, 0.6) is 5.75 Å². The highest BCUT2D eigenvalue weighted by molar-refractivity contribution is 7.14. The van der Waals surface area contributed by atoms with Gasteiger partial charge < -0.3 is 15.4 Å². The van der Waals surface area contributed by atoms with Gasteiger partial charge in [-0.3, -0.25) is 4.79 Å². The molecule has 188 valence electrons. The van der Waals surface area contributed by atoms with E-state index in [4.69, 9.17) is 4.74 Å². The van der Waals surface area contributed by atoms with Crippen LogP contribution in [0.25, 0.3) is 10.6 Å². The Labute approximate surface area is 211 Å². The van der Waals surface area contributed by atoms with Gasteiger partial charge in [-0.15, -0.1) is 23.7 Å². The Morgan fingerprint density at radius 2 is 1.83 bits per heavy atom. The number of nitrogens with one attached hydrogen (secondary N) is 2. The molecule has 0 radical (unpaired) electrons. The molecule has 1 fully saturated rings. The van der Waals surface area contributed by atoms with Gasteiger partial charge in [0.2, 0.25) is 5.82 Å². The fourth-order valence-corrected chi connectivity index (χ4v) is 4.34. The summed E-state index contributed by atoms with van der Waals surface area (Å²) in [6.07, 6.45) is 1.08. The highest BCUT2D eigenvalue weighted by atomic mass is 35.5. The average molecular weight is 528 g/mol. The molecule has 3 heterocycles. The van der Waals surface area contributed by atoms with Gasteiger partial charge in [-0.2, -0.15) is 13.2 Å². The Balaban J connectivity index is 0.00000342. The number of ether oxygens (including phenoxy) is 1. The van der Waals surface area contributed by atoms with Gasteiger partial charge in [0.05, 0.1) is 6.04 Å². The molecule has 0 saturated carbocycles. The van der Waals surface area contributed by atoms with Crippen molar-refractivity contribution in [2.45, 2.75) is 45.0 Å². The van der Waals surface area contributed by atoms with Crippen molar-refractivity contribution in [1.29, 1.82) is 0 Å². The summed E-state index contributed by atoms with van der Waals surface area (Å²) in [5, 5.41) is 6.87. The van der Waals surface area contributed by atoms with Gasteiger partial charge in [0.25, 0.3) is 5.91 Å². The molecular weight excluding hydrogens is 503 g/mol. The number of nitrogens with zero attached hydrogens (tertiary/aromatic N) is 3. The number of alkyl halides is 3. The van der Waals surface area contributed by atoms with Crippen molar-refractivity contribution in [3.05, 3.63) is 58.6 Å². The van der Waals surface area contributed by atoms with E-state index in [1.807, 2.05) is 13.0 Å². The predicted octanol–water partition coefficient (Wildman–Crippen LogP) is 4.97. The van der Waals surface area contributed by atoms with Crippen molar-refractivity contribution >= 4 is 29.7 Å². The van der Waals surface area contributed by atoms with E-state index in [0.29, 0.717) is 16.9 Å². The molecule has 1 saturated heterocycles. The van der Waals surface area contributed by atoms with Crippen molar-refractivity contribution in [2.75, 3.05) is 13.1 Å². The van der Waals surface area contributed by atoms with E-state index in [-0.39, 0.29) is 18.5 Å². The van der Waals surface area contributed by atoms with Crippen molar-refractivity contribution in [3.63, 3.8) is 0 Å². The average Bonchev–Trinajstić information content (AvgIpc) is 3.25. The predicted molar refractivity (Wildman–Crippen MR) is 129 cm³/mol. The van der Waals surface area contributed by atoms with Crippen LogP contribution in [0.4, 0.5) is 13.2 Å². The molecular formula is C23H25ClF3N5O2S. The molecule has 0 unspecified atom stereocenters. The first kappa shape index (κ1) is 26.8. The van der Waals surface area contributed by atoms with E-state index >= 15 is 0 Å². The molecule has 1 amide bonds. The van der Waals surface area contributed by atoms with E-state index in [2.05, 4.69) is 25.6 Å². The standard InChI is InChI=1S/C23H24F3N5O2S.ClH/c1-13-10-28-21(34-13)16-7-15(8-19(9-16)33-18-3-5-27-6-4-18)20(32)31-14(2)17-11-29-22(30-12-17)23(24,25)26;/h7-12,14,18,27H,3-6H2,1-2H3,(H,31,32);1H/t14-;/m1./s1. The maximum absolute atomic E-state index is 13.1. The normalized spacial score (nSPS) is 15.2. The number of halogens is 4.